The van der Waals surface area contributed by atoms with E-state index in [2.05, 4.69) is 4.90 Å². The SMILES string of the molecule is CCOCCN1CCN(C(=O)C(C)C(N)c2ccccc2)CC1.Cl.Cl. The molecule has 0 spiro atoms. The number of nitrogens with zero attached hydrogens (tertiary/aromatic N) is 2. The molecule has 2 unspecified atom stereocenters. The topological polar surface area (TPSA) is 58.8 Å². The summed E-state index contributed by atoms with van der Waals surface area (Å²) >= 11 is 0. The van der Waals surface area contributed by atoms with Gasteiger partial charge in [0.05, 0.1) is 12.5 Å². The first-order valence-corrected chi connectivity index (χ1v) is 8.53. The van der Waals surface area contributed by atoms with E-state index in [4.69, 9.17) is 10.5 Å². The molecule has 1 saturated heterocycles. The number of amides is 1. The summed E-state index contributed by atoms with van der Waals surface area (Å²) < 4.78 is 5.39. The van der Waals surface area contributed by atoms with Gasteiger partial charge in [0, 0.05) is 45.4 Å². The number of hydrogen-bond acceptors (Lipinski definition) is 4. The standard InChI is InChI=1S/C18H29N3O2.2ClH/c1-3-23-14-13-20-9-11-21(12-10-20)18(22)15(2)17(19)16-7-5-4-6-8-16;;/h4-8,15,17H,3,9-14,19H2,1-2H3;2*1H. The number of carbonyl (C=O) groups is 1. The number of hydrogen-bond donors (Lipinski definition) is 1. The minimum absolute atomic E-state index is 0. The van der Waals surface area contributed by atoms with Gasteiger partial charge in [0.2, 0.25) is 5.91 Å². The predicted octanol–water partition coefficient (Wildman–Crippen LogP) is 2.35. The lowest BCUT2D eigenvalue weighted by atomic mass is 9.94. The van der Waals surface area contributed by atoms with Crippen LogP contribution in [-0.2, 0) is 9.53 Å². The highest BCUT2D eigenvalue weighted by molar-refractivity contribution is 5.85. The molecule has 1 heterocycles. The van der Waals surface area contributed by atoms with Crippen LogP contribution >= 0.6 is 24.8 Å². The summed E-state index contributed by atoms with van der Waals surface area (Å²) in [5, 5.41) is 0. The molecule has 1 aliphatic rings. The maximum atomic E-state index is 12.7. The minimum Gasteiger partial charge on any atom is -0.380 e. The Balaban J connectivity index is 0.00000288. The highest BCUT2D eigenvalue weighted by atomic mass is 35.5. The zero-order valence-electron chi connectivity index (χ0n) is 15.1. The van der Waals surface area contributed by atoms with E-state index in [1.165, 1.54) is 0 Å². The highest BCUT2D eigenvalue weighted by Crippen LogP contribution is 2.21. The van der Waals surface area contributed by atoms with Crippen LogP contribution in [0.1, 0.15) is 25.5 Å². The van der Waals surface area contributed by atoms with Crippen LogP contribution in [0.5, 0.6) is 0 Å². The quantitative estimate of drug-likeness (QED) is 0.724. The Hall–Kier alpha value is -0.850. The van der Waals surface area contributed by atoms with Gasteiger partial charge in [-0.3, -0.25) is 9.69 Å². The maximum absolute atomic E-state index is 12.7. The molecular formula is C18H31Cl2N3O2. The number of halogens is 2. The molecule has 0 radical (unpaired) electrons. The van der Waals surface area contributed by atoms with Crippen LogP contribution < -0.4 is 5.73 Å². The minimum atomic E-state index is -0.250. The Kier molecular flexibility index (Phi) is 12.1. The summed E-state index contributed by atoms with van der Waals surface area (Å²) in [5.41, 5.74) is 7.30. The number of rotatable bonds is 7. The van der Waals surface area contributed by atoms with Crippen molar-refractivity contribution in [2.45, 2.75) is 19.9 Å². The van der Waals surface area contributed by atoms with Crippen LogP contribution in [0.25, 0.3) is 0 Å². The number of piperazine rings is 1. The molecule has 144 valence electrons. The van der Waals surface area contributed by atoms with Crippen molar-refractivity contribution < 1.29 is 9.53 Å². The first-order chi connectivity index (χ1) is 11.1. The average molecular weight is 392 g/mol. The van der Waals surface area contributed by atoms with Crippen molar-refractivity contribution in [3.63, 3.8) is 0 Å². The molecule has 1 aromatic rings. The molecule has 1 aromatic carbocycles. The van der Waals surface area contributed by atoms with E-state index in [-0.39, 0.29) is 42.7 Å². The third-order valence-corrected chi connectivity index (χ3v) is 4.55. The maximum Gasteiger partial charge on any atom is 0.227 e. The number of ether oxygens (including phenoxy) is 1. The van der Waals surface area contributed by atoms with Crippen LogP contribution in [0, 0.1) is 5.92 Å². The van der Waals surface area contributed by atoms with Crippen LogP contribution in [0.15, 0.2) is 30.3 Å². The van der Waals surface area contributed by atoms with Gasteiger partial charge in [0.15, 0.2) is 0 Å². The summed E-state index contributed by atoms with van der Waals surface area (Å²) in [5.74, 6) is -0.0433. The predicted molar refractivity (Wildman–Crippen MR) is 107 cm³/mol. The molecule has 1 fully saturated rings. The van der Waals surface area contributed by atoms with Crippen molar-refractivity contribution in [1.29, 1.82) is 0 Å². The largest absolute Gasteiger partial charge is 0.380 e. The molecule has 0 bridgehead atoms. The normalized spacial score (nSPS) is 17.2. The number of carbonyl (C=O) groups excluding carboxylic acids is 1. The molecule has 7 heteroatoms. The second kappa shape index (κ2) is 12.5. The van der Waals surface area contributed by atoms with Crippen LogP contribution in [0.3, 0.4) is 0 Å². The fourth-order valence-electron chi connectivity index (χ4n) is 2.94. The summed E-state index contributed by atoms with van der Waals surface area (Å²) in [7, 11) is 0. The zero-order chi connectivity index (χ0) is 16.7. The van der Waals surface area contributed by atoms with Crippen molar-refractivity contribution in [3.05, 3.63) is 35.9 Å². The number of nitrogens with two attached hydrogens (primary N) is 1. The van der Waals surface area contributed by atoms with Crippen LogP contribution in [0.4, 0.5) is 0 Å². The van der Waals surface area contributed by atoms with Crippen molar-refractivity contribution in [1.82, 2.24) is 9.80 Å². The Bertz CT molecular complexity index is 482. The molecule has 5 nitrogen and oxygen atoms in total. The molecule has 2 rings (SSSR count). The van der Waals surface area contributed by atoms with Gasteiger partial charge >= 0.3 is 0 Å². The van der Waals surface area contributed by atoms with Crippen molar-refractivity contribution in [2.24, 2.45) is 11.7 Å². The van der Waals surface area contributed by atoms with E-state index in [0.717, 1.165) is 51.5 Å². The lowest BCUT2D eigenvalue weighted by Crippen LogP contribution is -2.51. The zero-order valence-corrected chi connectivity index (χ0v) is 16.7. The van der Waals surface area contributed by atoms with Gasteiger partial charge in [0.1, 0.15) is 0 Å². The van der Waals surface area contributed by atoms with E-state index < -0.39 is 0 Å². The fraction of sp³-hybridized carbons (Fsp3) is 0.611. The smallest absolute Gasteiger partial charge is 0.227 e. The Morgan fingerprint density at radius 1 is 1.16 bits per heavy atom. The van der Waals surface area contributed by atoms with Gasteiger partial charge in [0.25, 0.3) is 0 Å². The summed E-state index contributed by atoms with van der Waals surface area (Å²) in [6.07, 6.45) is 0. The molecular weight excluding hydrogens is 361 g/mol. The summed E-state index contributed by atoms with van der Waals surface area (Å²) in [6.45, 7) is 9.77. The number of benzene rings is 1. The highest BCUT2D eigenvalue weighted by Gasteiger charge is 2.28. The van der Waals surface area contributed by atoms with E-state index in [9.17, 15) is 4.79 Å². The van der Waals surface area contributed by atoms with E-state index in [0.29, 0.717) is 0 Å². The van der Waals surface area contributed by atoms with Crippen molar-refractivity contribution in [3.8, 4) is 0 Å². The van der Waals surface area contributed by atoms with Crippen LogP contribution in [-0.4, -0.2) is 61.6 Å². The monoisotopic (exact) mass is 391 g/mol. The first-order valence-electron chi connectivity index (χ1n) is 8.53. The third kappa shape index (κ3) is 7.12. The molecule has 0 aromatic heterocycles. The molecule has 0 saturated carbocycles. The van der Waals surface area contributed by atoms with Gasteiger partial charge in [-0.2, -0.15) is 0 Å². The van der Waals surface area contributed by atoms with E-state index in [1.54, 1.807) is 0 Å². The van der Waals surface area contributed by atoms with Crippen molar-refractivity contribution >= 4 is 30.7 Å². The fourth-order valence-corrected chi connectivity index (χ4v) is 2.94. The molecule has 2 N–H and O–H groups in total. The lowest BCUT2D eigenvalue weighted by molar-refractivity contribution is -0.137. The van der Waals surface area contributed by atoms with Gasteiger partial charge in [-0.05, 0) is 12.5 Å². The first kappa shape index (κ1) is 24.1. The molecule has 1 aliphatic heterocycles. The van der Waals surface area contributed by atoms with Gasteiger partial charge < -0.3 is 15.4 Å². The van der Waals surface area contributed by atoms with Crippen LogP contribution in [0.2, 0.25) is 0 Å². The molecule has 1 amide bonds. The van der Waals surface area contributed by atoms with Crippen molar-refractivity contribution in [2.75, 3.05) is 45.9 Å². The van der Waals surface area contributed by atoms with Gasteiger partial charge in [-0.25, -0.2) is 0 Å². The molecule has 0 aliphatic carbocycles. The molecule has 25 heavy (non-hydrogen) atoms. The summed E-state index contributed by atoms with van der Waals surface area (Å²) in [4.78, 5) is 17.0. The Morgan fingerprint density at radius 2 is 1.76 bits per heavy atom. The van der Waals surface area contributed by atoms with Gasteiger partial charge in [-0.1, -0.05) is 37.3 Å². The van der Waals surface area contributed by atoms with E-state index >= 15 is 0 Å². The average Bonchev–Trinajstić information content (AvgIpc) is 2.61. The Labute approximate surface area is 163 Å². The summed E-state index contributed by atoms with van der Waals surface area (Å²) in [6, 6.07) is 9.61. The second-order valence-electron chi connectivity index (χ2n) is 6.09. The Morgan fingerprint density at radius 3 is 2.32 bits per heavy atom. The third-order valence-electron chi connectivity index (χ3n) is 4.55. The lowest BCUT2D eigenvalue weighted by Gasteiger charge is -2.36. The van der Waals surface area contributed by atoms with E-state index in [1.807, 2.05) is 49.1 Å². The van der Waals surface area contributed by atoms with Gasteiger partial charge in [-0.15, -0.1) is 24.8 Å². The second-order valence-corrected chi connectivity index (χ2v) is 6.09. The molecule has 2 atom stereocenters.